The minimum absolute atomic E-state index is 0.374. The van der Waals surface area contributed by atoms with Crippen LogP contribution in [0, 0.1) is 19.3 Å². The van der Waals surface area contributed by atoms with E-state index in [0.29, 0.717) is 17.3 Å². The van der Waals surface area contributed by atoms with Crippen LogP contribution in [-0.2, 0) is 6.54 Å². The molecule has 2 aromatic heterocycles. The van der Waals surface area contributed by atoms with E-state index < -0.39 is 0 Å². The van der Waals surface area contributed by atoms with Crippen molar-refractivity contribution in [2.45, 2.75) is 70.8 Å². The monoisotopic (exact) mass is 341 g/mol. The molecule has 6 heteroatoms. The van der Waals surface area contributed by atoms with E-state index in [4.69, 9.17) is 9.51 Å². The van der Waals surface area contributed by atoms with Gasteiger partial charge in [-0.1, -0.05) is 18.0 Å². The molecular formula is C19H27N5O. The lowest BCUT2D eigenvalue weighted by Gasteiger charge is -2.28. The van der Waals surface area contributed by atoms with Crippen LogP contribution in [0.25, 0.3) is 0 Å². The zero-order chi connectivity index (χ0) is 17.0. The third-order valence-electron chi connectivity index (χ3n) is 6.67. The van der Waals surface area contributed by atoms with Gasteiger partial charge in [0.1, 0.15) is 11.6 Å². The number of aromatic nitrogens is 4. The highest BCUT2D eigenvalue weighted by atomic mass is 16.5. The summed E-state index contributed by atoms with van der Waals surface area (Å²) >= 11 is 0. The minimum Gasteiger partial charge on any atom is -0.361 e. The van der Waals surface area contributed by atoms with Crippen molar-refractivity contribution >= 4 is 0 Å². The quantitative estimate of drug-likeness (QED) is 0.922. The van der Waals surface area contributed by atoms with Crippen LogP contribution < -0.4 is 0 Å². The van der Waals surface area contributed by atoms with Crippen molar-refractivity contribution in [1.29, 1.82) is 0 Å². The Labute approximate surface area is 148 Å². The van der Waals surface area contributed by atoms with E-state index in [2.05, 4.69) is 20.3 Å². The normalized spacial score (nSPS) is 26.1. The van der Waals surface area contributed by atoms with Crippen LogP contribution >= 0.6 is 0 Å². The Morgan fingerprint density at radius 3 is 2.72 bits per heavy atom. The molecule has 5 rings (SSSR count). The third-order valence-corrected chi connectivity index (χ3v) is 6.67. The second kappa shape index (κ2) is 5.66. The molecule has 1 N–H and O–H groups in total. The van der Waals surface area contributed by atoms with Crippen molar-refractivity contribution in [3.05, 3.63) is 28.7 Å². The minimum atomic E-state index is 0.374. The van der Waals surface area contributed by atoms with Gasteiger partial charge in [0.2, 0.25) is 0 Å². The van der Waals surface area contributed by atoms with Crippen LogP contribution in [0.2, 0.25) is 0 Å². The summed E-state index contributed by atoms with van der Waals surface area (Å²) in [5, 5.41) is 12.0. The van der Waals surface area contributed by atoms with Crippen LogP contribution in [0.3, 0.4) is 0 Å². The van der Waals surface area contributed by atoms with Crippen LogP contribution in [0.4, 0.5) is 0 Å². The number of likely N-dealkylation sites (tertiary alicyclic amines) is 1. The van der Waals surface area contributed by atoms with Crippen molar-refractivity contribution in [1.82, 2.24) is 25.2 Å². The number of nitrogens with one attached hydrogen (secondary N) is 1. The first-order chi connectivity index (χ1) is 12.1. The highest BCUT2D eigenvalue weighted by Crippen LogP contribution is 2.53. The van der Waals surface area contributed by atoms with E-state index in [1.165, 1.54) is 44.1 Å². The molecule has 1 saturated heterocycles. The summed E-state index contributed by atoms with van der Waals surface area (Å²) in [5.74, 6) is 4.23. The van der Waals surface area contributed by atoms with Gasteiger partial charge in [0, 0.05) is 37.0 Å². The van der Waals surface area contributed by atoms with Crippen LogP contribution in [0.1, 0.15) is 79.0 Å². The molecule has 2 aliphatic carbocycles. The number of aryl methyl sites for hydroxylation is 2. The maximum atomic E-state index is 5.37. The number of nitrogens with zero attached hydrogens (tertiary/aromatic N) is 4. The topological polar surface area (TPSA) is 70.8 Å². The average Bonchev–Trinajstić information content (AvgIpc) is 2.97. The molecular weight excluding hydrogens is 314 g/mol. The smallest absolute Gasteiger partial charge is 0.153 e. The van der Waals surface area contributed by atoms with Gasteiger partial charge in [-0.15, -0.1) is 0 Å². The fraction of sp³-hybridized carbons (Fsp3) is 0.737. The molecule has 0 amide bonds. The van der Waals surface area contributed by atoms with E-state index in [-0.39, 0.29) is 0 Å². The third kappa shape index (κ3) is 2.62. The second-order valence-electron chi connectivity index (χ2n) is 8.45. The van der Waals surface area contributed by atoms with E-state index in [1.54, 1.807) is 0 Å². The van der Waals surface area contributed by atoms with Crippen molar-refractivity contribution in [2.75, 3.05) is 13.1 Å². The van der Waals surface area contributed by atoms with Gasteiger partial charge >= 0.3 is 0 Å². The Morgan fingerprint density at radius 1 is 1.24 bits per heavy atom. The first-order valence-electron chi connectivity index (χ1n) is 9.71. The molecule has 2 saturated carbocycles. The molecule has 1 aliphatic heterocycles. The molecule has 3 fully saturated rings. The molecule has 3 aliphatic rings. The van der Waals surface area contributed by atoms with E-state index in [9.17, 15) is 0 Å². The number of aromatic amines is 1. The first kappa shape index (κ1) is 15.6. The Kier molecular flexibility index (Phi) is 3.52. The van der Waals surface area contributed by atoms with Gasteiger partial charge in [0.05, 0.1) is 5.69 Å². The van der Waals surface area contributed by atoms with Gasteiger partial charge in [-0.2, -0.15) is 5.10 Å². The summed E-state index contributed by atoms with van der Waals surface area (Å²) in [7, 11) is 0. The maximum absolute atomic E-state index is 5.37. The molecule has 0 aromatic carbocycles. The zero-order valence-electron chi connectivity index (χ0n) is 15.2. The van der Waals surface area contributed by atoms with Gasteiger partial charge < -0.3 is 4.52 Å². The SMILES string of the molecule is Cc1noc(C)c1CN1CC(c2nc(C3CC3)n[nH]2)C2(CCCC2)C1. The predicted molar refractivity (Wildman–Crippen MR) is 93.3 cm³/mol. The average molecular weight is 341 g/mol. The number of hydrogen-bond donors (Lipinski definition) is 1. The van der Waals surface area contributed by atoms with Crippen molar-refractivity contribution in [3.8, 4) is 0 Å². The van der Waals surface area contributed by atoms with E-state index in [0.717, 1.165) is 42.7 Å². The lowest BCUT2D eigenvalue weighted by atomic mass is 9.76. The summed E-state index contributed by atoms with van der Waals surface area (Å²) in [6.45, 7) is 7.21. The lowest BCUT2D eigenvalue weighted by Crippen LogP contribution is -2.27. The summed E-state index contributed by atoms with van der Waals surface area (Å²) < 4.78 is 5.37. The Bertz CT molecular complexity index is 749. The lowest BCUT2D eigenvalue weighted by molar-refractivity contribution is 0.244. The van der Waals surface area contributed by atoms with Crippen LogP contribution in [0.15, 0.2) is 4.52 Å². The number of hydrogen-bond acceptors (Lipinski definition) is 5. The molecule has 2 aromatic rings. The molecule has 0 bridgehead atoms. The van der Waals surface area contributed by atoms with Gasteiger partial charge in [0.25, 0.3) is 0 Å². The van der Waals surface area contributed by atoms with E-state index >= 15 is 0 Å². The Balaban J connectivity index is 1.41. The van der Waals surface area contributed by atoms with Gasteiger partial charge in [-0.25, -0.2) is 4.98 Å². The standard InChI is InChI=1S/C19H27N5O/c1-12-15(13(2)25-23-12)9-24-10-16(19(11-24)7-3-4-8-19)18-20-17(21-22-18)14-5-6-14/h14,16H,3-11H2,1-2H3,(H,20,21,22). The molecule has 1 unspecified atom stereocenters. The van der Waals surface area contributed by atoms with Crippen molar-refractivity contribution in [2.24, 2.45) is 5.41 Å². The maximum Gasteiger partial charge on any atom is 0.153 e. The molecule has 3 heterocycles. The fourth-order valence-corrected chi connectivity index (χ4v) is 5.07. The molecule has 1 atom stereocenters. The summed E-state index contributed by atoms with van der Waals surface area (Å²) in [5.41, 5.74) is 2.65. The summed E-state index contributed by atoms with van der Waals surface area (Å²) in [6.07, 6.45) is 7.83. The highest BCUT2D eigenvalue weighted by Gasteiger charge is 2.50. The molecule has 0 radical (unpaired) electrons. The van der Waals surface area contributed by atoms with Crippen LogP contribution in [-0.4, -0.2) is 38.3 Å². The predicted octanol–water partition coefficient (Wildman–Crippen LogP) is 3.45. The van der Waals surface area contributed by atoms with Gasteiger partial charge in [0.15, 0.2) is 5.82 Å². The molecule has 134 valence electrons. The molecule has 25 heavy (non-hydrogen) atoms. The Morgan fingerprint density at radius 2 is 2.04 bits per heavy atom. The van der Waals surface area contributed by atoms with Gasteiger partial charge in [-0.3, -0.25) is 10.00 Å². The fourth-order valence-electron chi connectivity index (χ4n) is 5.07. The Hall–Kier alpha value is -1.69. The zero-order valence-corrected chi connectivity index (χ0v) is 15.2. The largest absolute Gasteiger partial charge is 0.361 e. The van der Waals surface area contributed by atoms with Crippen LogP contribution in [0.5, 0.6) is 0 Å². The van der Waals surface area contributed by atoms with E-state index in [1.807, 2.05) is 13.8 Å². The molecule has 6 nitrogen and oxygen atoms in total. The summed E-state index contributed by atoms with van der Waals surface area (Å²) in [6, 6.07) is 0. The number of H-pyrrole nitrogens is 1. The van der Waals surface area contributed by atoms with Crippen molar-refractivity contribution < 1.29 is 4.52 Å². The van der Waals surface area contributed by atoms with Crippen molar-refractivity contribution in [3.63, 3.8) is 0 Å². The van der Waals surface area contributed by atoms with Gasteiger partial charge in [-0.05, 0) is 44.9 Å². The summed E-state index contributed by atoms with van der Waals surface area (Å²) in [4.78, 5) is 7.50. The second-order valence-corrected chi connectivity index (χ2v) is 8.45. The number of rotatable bonds is 4. The molecule has 1 spiro atoms. The highest BCUT2D eigenvalue weighted by molar-refractivity contribution is 5.22. The first-order valence-corrected chi connectivity index (χ1v) is 9.71.